The minimum absolute atomic E-state index is 0.00258. The zero-order valence-electron chi connectivity index (χ0n) is 21.6. The molecule has 3 N–H and O–H groups in total. The van der Waals surface area contributed by atoms with Gasteiger partial charge < -0.3 is 25.0 Å². The normalized spacial score (nSPS) is 19.7. The second kappa shape index (κ2) is 14.7. The number of benzene rings is 1. The summed E-state index contributed by atoms with van der Waals surface area (Å²) in [5.74, 6) is -4.97. The summed E-state index contributed by atoms with van der Waals surface area (Å²) in [7, 11) is 1.93. The Hall–Kier alpha value is -3.86. The molecular weight excluding hydrogens is 570 g/mol. The maximum absolute atomic E-state index is 12.5. The van der Waals surface area contributed by atoms with Gasteiger partial charge in [-0.2, -0.15) is 31.4 Å². The molecule has 2 aromatic rings. The van der Waals surface area contributed by atoms with Gasteiger partial charge in [0.05, 0.1) is 11.8 Å². The van der Waals surface area contributed by atoms with Crippen molar-refractivity contribution in [2.45, 2.75) is 43.9 Å². The summed E-state index contributed by atoms with van der Waals surface area (Å²) in [6.07, 6.45) is -4.51. The number of para-hydroxylation sites is 1. The average Bonchev–Trinajstić information content (AvgIpc) is 3.45. The molecule has 4 rings (SSSR count). The Kier molecular flexibility index (Phi) is 11.9. The van der Waals surface area contributed by atoms with Crippen LogP contribution in [0.3, 0.4) is 0 Å². The van der Waals surface area contributed by atoms with E-state index in [4.69, 9.17) is 29.3 Å². The maximum Gasteiger partial charge on any atom is 0.490 e. The van der Waals surface area contributed by atoms with Crippen molar-refractivity contribution in [3.63, 3.8) is 0 Å². The Morgan fingerprint density at radius 2 is 1.61 bits per heavy atom. The number of aliphatic carboxylic acids is 2. The molecule has 0 unspecified atom stereocenters. The van der Waals surface area contributed by atoms with E-state index in [2.05, 4.69) is 15.3 Å². The summed E-state index contributed by atoms with van der Waals surface area (Å²) < 4.78 is 77.7. The minimum Gasteiger partial charge on any atom is -0.485 e. The van der Waals surface area contributed by atoms with Crippen LogP contribution in [0.15, 0.2) is 36.7 Å². The quantitative estimate of drug-likeness (QED) is 0.445. The zero-order chi connectivity index (χ0) is 30.8. The molecule has 1 aromatic carbocycles. The fourth-order valence-corrected chi connectivity index (χ4v) is 3.71. The van der Waals surface area contributed by atoms with Crippen molar-refractivity contribution in [3.8, 4) is 5.75 Å². The molecule has 0 aliphatic carbocycles. The van der Waals surface area contributed by atoms with Crippen LogP contribution < -0.4 is 10.1 Å². The molecule has 11 nitrogen and oxygen atoms in total. The van der Waals surface area contributed by atoms with Gasteiger partial charge in [-0.25, -0.2) is 9.59 Å². The van der Waals surface area contributed by atoms with E-state index in [-0.39, 0.29) is 18.1 Å². The third-order valence-corrected chi connectivity index (χ3v) is 5.54. The summed E-state index contributed by atoms with van der Waals surface area (Å²) in [4.78, 5) is 32.6. The Bertz CT molecular complexity index is 1150. The van der Waals surface area contributed by atoms with Crippen LogP contribution in [-0.4, -0.2) is 93.5 Å². The smallest absolute Gasteiger partial charge is 0.485 e. The lowest BCUT2D eigenvalue weighted by Crippen LogP contribution is -2.34. The number of amides is 1. The highest BCUT2D eigenvalue weighted by molar-refractivity contribution is 5.96. The monoisotopic (exact) mass is 598 g/mol. The predicted molar refractivity (Wildman–Crippen MR) is 128 cm³/mol. The van der Waals surface area contributed by atoms with Crippen LogP contribution in [0.1, 0.15) is 28.8 Å². The van der Waals surface area contributed by atoms with Crippen LogP contribution in [0.5, 0.6) is 5.75 Å². The van der Waals surface area contributed by atoms with Crippen molar-refractivity contribution in [1.29, 1.82) is 0 Å². The fourth-order valence-electron chi connectivity index (χ4n) is 3.71. The first-order valence-corrected chi connectivity index (χ1v) is 12.0. The molecule has 1 aromatic heterocycles. The Balaban J connectivity index is 0.000000349. The largest absolute Gasteiger partial charge is 0.490 e. The van der Waals surface area contributed by atoms with Gasteiger partial charge in [-0.3, -0.25) is 14.4 Å². The van der Waals surface area contributed by atoms with Crippen molar-refractivity contribution in [3.05, 3.63) is 47.8 Å². The predicted octanol–water partition coefficient (Wildman–Crippen LogP) is 2.86. The molecule has 2 atom stereocenters. The Morgan fingerprint density at radius 3 is 2.17 bits per heavy atom. The topological polar surface area (TPSA) is 143 Å². The first-order chi connectivity index (χ1) is 19.1. The maximum atomic E-state index is 12.5. The summed E-state index contributed by atoms with van der Waals surface area (Å²) >= 11 is 0. The summed E-state index contributed by atoms with van der Waals surface area (Å²) in [5, 5.41) is 21.5. The third kappa shape index (κ3) is 11.3. The first kappa shape index (κ1) is 33.3. The van der Waals surface area contributed by atoms with Gasteiger partial charge in [0.1, 0.15) is 18.0 Å². The highest BCUT2D eigenvalue weighted by Crippen LogP contribution is 2.26. The zero-order valence-corrected chi connectivity index (χ0v) is 21.6. The van der Waals surface area contributed by atoms with Gasteiger partial charge in [-0.05, 0) is 25.0 Å². The Labute approximate surface area is 229 Å². The van der Waals surface area contributed by atoms with Crippen molar-refractivity contribution in [2.75, 3.05) is 26.2 Å². The lowest BCUT2D eigenvalue weighted by molar-refractivity contribution is -0.193. The second-order valence-electron chi connectivity index (χ2n) is 8.85. The summed E-state index contributed by atoms with van der Waals surface area (Å²) in [5.41, 5.74) is 1.76. The van der Waals surface area contributed by atoms with Crippen LogP contribution in [-0.2, 0) is 27.9 Å². The standard InChI is InChI=1S/C20H26N4O3.2C2HF3O2/c1-23-11-15(10-22-23)12-24-13-18-19(14-24)27-17-7-3-2-6-16(17)20(25)21-8-4-5-9-26-18;2*3-2(4,5)1(6)7/h2-3,6-7,10-11,18-19H,4-5,8-9,12-14H2,1H3,(H,21,25);2*(H,6,7)/t18-,19+;;/m0../s1. The van der Waals surface area contributed by atoms with E-state index in [0.29, 0.717) is 24.5 Å². The number of rotatable bonds is 2. The molecule has 2 aliphatic heterocycles. The van der Waals surface area contributed by atoms with Crippen LogP contribution >= 0.6 is 0 Å². The van der Waals surface area contributed by atoms with Gasteiger partial charge in [-0.15, -0.1) is 0 Å². The molecule has 1 saturated heterocycles. The number of halogens is 6. The van der Waals surface area contributed by atoms with Gasteiger partial charge in [-0.1, -0.05) is 12.1 Å². The van der Waals surface area contributed by atoms with E-state index >= 15 is 0 Å². The van der Waals surface area contributed by atoms with E-state index in [1.807, 2.05) is 48.4 Å². The van der Waals surface area contributed by atoms with Crippen LogP contribution in [0.25, 0.3) is 0 Å². The number of ether oxygens (including phenoxy) is 2. The van der Waals surface area contributed by atoms with Gasteiger partial charge >= 0.3 is 24.3 Å². The highest BCUT2D eigenvalue weighted by atomic mass is 19.4. The molecule has 228 valence electrons. The van der Waals surface area contributed by atoms with E-state index in [0.717, 1.165) is 32.5 Å². The number of nitrogens with one attached hydrogen (secondary N) is 1. The van der Waals surface area contributed by atoms with Gasteiger partial charge in [0, 0.05) is 51.6 Å². The molecule has 0 saturated carbocycles. The van der Waals surface area contributed by atoms with Crippen molar-refractivity contribution in [2.24, 2.45) is 7.05 Å². The molecule has 3 heterocycles. The summed E-state index contributed by atoms with van der Waals surface area (Å²) in [6.45, 7) is 3.72. The van der Waals surface area contributed by atoms with Crippen LogP contribution in [0.2, 0.25) is 0 Å². The van der Waals surface area contributed by atoms with Crippen molar-refractivity contribution >= 4 is 17.8 Å². The second-order valence-corrected chi connectivity index (χ2v) is 8.85. The number of alkyl halides is 6. The van der Waals surface area contributed by atoms with Gasteiger partial charge in [0.15, 0.2) is 0 Å². The number of nitrogens with zero attached hydrogens (tertiary/aromatic N) is 3. The highest BCUT2D eigenvalue weighted by Gasteiger charge is 2.39. The number of fused-ring (bicyclic) bond motifs is 2. The number of carboxylic acids is 2. The molecule has 2 aliphatic rings. The number of aromatic nitrogens is 2. The first-order valence-electron chi connectivity index (χ1n) is 12.0. The van der Waals surface area contributed by atoms with Gasteiger partial charge in [0.25, 0.3) is 5.91 Å². The molecule has 41 heavy (non-hydrogen) atoms. The number of likely N-dealkylation sites (tertiary alicyclic amines) is 1. The number of carboxylic acid groups (broad SMARTS) is 2. The molecule has 1 fully saturated rings. The molecule has 1 amide bonds. The van der Waals surface area contributed by atoms with Gasteiger partial charge in [0.2, 0.25) is 0 Å². The van der Waals surface area contributed by atoms with E-state index in [1.54, 1.807) is 0 Å². The van der Waals surface area contributed by atoms with Crippen LogP contribution in [0, 0.1) is 0 Å². The van der Waals surface area contributed by atoms with E-state index in [1.165, 1.54) is 5.56 Å². The van der Waals surface area contributed by atoms with E-state index in [9.17, 15) is 31.1 Å². The SMILES string of the molecule is Cn1cc(CN2C[C@@H]3OCCCCNC(=O)c4ccccc4O[C@@H]3C2)cn1.O=C(O)C(F)(F)F.O=C(O)C(F)(F)F. The average molecular weight is 598 g/mol. The minimum atomic E-state index is -5.08. The number of carbonyl (C=O) groups excluding carboxylic acids is 1. The number of carbonyl (C=O) groups is 3. The lowest BCUT2D eigenvalue weighted by Gasteiger charge is -2.23. The van der Waals surface area contributed by atoms with Crippen molar-refractivity contribution in [1.82, 2.24) is 20.0 Å². The Morgan fingerprint density at radius 1 is 1.02 bits per heavy atom. The van der Waals surface area contributed by atoms with Crippen molar-refractivity contribution < 1.29 is 60.4 Å². The third-order valence-electron chi connectivity index (χ3n) is 5.54. The molecule has 0 spiro atoms. The molecule has 17 heteroatoms. The summed E-state index contributed by atoms with van der Waals surface area (Å²) in [6, 6.07) is 7.44. The number of aryl methyl sites for hydroxylation is 1. The van der Waals surface area contributed by atoms with E-state index < -0.39 is 24.3 Å². The molecule has 0 bridgehead atoms. The lowest BCUT2D eigenvalue weighted by atomic mass is 10.1. The fraction of sp³-hybridized carbons (Fsp3) is 0.500. The molecule has 0 radical (unpaired) electrons. The number of hydrogen-bond donors (Lipinski definition) is 3. The molecular formula is C24H28F6N4O7. The number of hydrogen-bond acceptors (Lipinski definition) is 7. The van der Waals surface area contributed by atoms with Crippen LogP contribution in [0.4, 0.5) is 26.3 Å².